The molecule has 0 spiro atoms. The van der Waals surface area contributed by atoms with Crippen LogP contribution < -0.4 is 9.64 Å². The van der Waals surface area contributed by atoms with E-state index in [0.29, 0.717) is 41.8 Å². The van der Waals surface area contributed by atoms with Gasteiger partial charge in [0.05, 0.1) is 17.4 Å². The Labute approximate surface area is 227 Å². The summed E-state index contributed by atoms with van der Waals surface area (Å²) in [6.07, 6.45) is -3.81. The zero-order valence-electron chi connectivity index (χ0n) is 21.7. The Morgan fingerprint density at radius 3 is 2.17 bits per heavy atom. The van der Waals surface area contributed by atoms with Gasteiger partial charge in [0.15, 0.2) is 0 Å². The summed E-state index contributed by atoms with van der Waals surface area (Å²) < 4.78 is 46.3. The van der Waals surface area contributed by atoms with Gasteiger partial charge in [0, 0.05) is 62.9 Å². The molecule has 1 aliphatic rings. The van der Waals surface area contributed by atoms with E-state index in [9.17, 15) is 22.8 Å². The summed E-state index contributed by atoms with van der Waals surface area (Å²) in [6, 6.07) is 15.5. The summed E-state index contributed by atoms with van der Waals surface area (Å²) >= 11 is 0. The van der Waals surface area contributed by atoms with Crippen molar-refractivity contribution in [1.82, 2.24) is 19.4 Å². The molecule has 2 amide bonds. The molecule has 9 nitrogen and oxygen atoms in total. The third-order valence-electron chi connectivity index (χ3n) is 6.98. The fraction of sp³-hybridized carbons (Fsp3) is 0.250. The average Bonchev–Trinajstić information content (AvgIpc) is 3.27. The SMILES string of the molecule is CN(c1ccc(C(F)(F)F)cc1)c1ccc(Oc2ccc3c(c2)cc(C(=O)N2CCN(C(=O)O)CC2)n3C)nc1. The van der Waals surface area contributed by atoms with Gasteiger partial charge < -0.3 is 29.1 Å². The van der Waals surface area contributed by atoms with E-state index in [4.69, 9.17) is 9.84 Å². The van der Waals surface area contributed by atoms with Crippen molar-refractivity contribution >= 4 is 34.3 Å². The number of aryl methyl sites for hydroxylation is 1. The van der Waals surface area contributed by atoms with Gasteiger partial charge in [0.2, 0.25) is 5.88 Å². The van der Waals surface area contributed by atoms with Crippen molar-refractivity contribution in [2.24, 2.45) is 7.05 Å². The summed E-state index contributed by atoms with van der Waals surface area (Å²) in [5.41, 5.74) is 1.85. The number of piperazine rings is 1. The molecule has 1 fully saturated rings. The molecule has 0 unspecified atom stereocenters. The summed E-state index contributed by atoms with van der Waals surface area (Å²) in [4.78, 5) is 33.3. The number of hydrogen-bond donors (Lipinski definition) is 1. The van der Waals surface area contributed by atoms with Gasteiger partial charge in [-0.2, -0.15) is 13.2 Å². The number of fused-ring (bicyclic) bond motifs is 1. The number of carbonyl (C=O) groups is 2. The number of carboxylic acid groups (broad SMARTS) is 1. The second kappa shape index (κ2) is 10.4. The number of benzene rings is 2. The maximum atomic E-state index is 13.1. The minimum atomic E-state index is -4.39. The van der Waals surface area contributed by atoms with Crippen LogP contribution in [0.2, 0.25) is 0 Å². The molecule has 1 N–H and O–H groups in total. The van der Waals surface area contributed by atoms with Gasteiger partial charge in [0.25, 0.3) is 5.91 Å². The van der Waals surface area contributed by atoms with Crippen LogP contribution in [-0.2, 0) is 13.2 Å². The van der Waals surface area contributed by atoms with Gasteiger partial charge in [0.1, 0.15) is 11.4 Å². The maximum Gasteiger partial charge on any atom is 0.416 e. The number of rotatable bonds is 5. The van der Waals surface area contributed by atoms with Gasteiger partial charge in [-0.3, -0.25) is 4.79 Å². The first-order valence-electron chi connectivity index (χ1n) is 12.4. The first-order valence-corrected chi connectivity index (χ1v) is 12.4. The molecule has 0 atom stereocenters. The van der Waals surface area contributed by atoms with Gasteiger partial charge >= 0.3 is 12.3 Å². The lowest BCUT2D eigenvalue weighted by Gasteiger charge is -2.33. The van der Waals surface area contributed by atoms with E-state index < -0.39 is 17.8 Å². The summed E-state index contributed by atoms with van der Waals surface area (Å²) in [5, 5.41) is 9.93. The lowest BCUT2D eigenvalue weighted by atomic mass is 10.2. The third-order valence-corrected chi connectivity index (χ3v) is 6.98. The smallest absolute Gasteiger partial charge is 0.416 e. The van der Waals surface area contributed by atoms with Gasteiger partial charge in [-0.05, 0) is 54.6 Å². The molecule has 5 rings (SSSR count). The highest BCUT2D eigenvalue weighted by Crippen LogP contribution is 2.33. The average molecular weight is 554 g/mol. The minimum Gasteiger partial charge on any atom is -0.465 e. The zero-order chi connectivity index (χ0) is 28.6. The van der Waals surface area contributed by atoms with Crippen molar-refractivity contribution in [1.29, 1.82) is 0 Å². The number of amides is 2. The van der Waals surface area contributed by atoms with E-state index in [0.717, 1.165) is 23.0 Å². The van der Waals surface area contributed by atoms with E-state index in [1.165, 1.54) is 17.0 Å². The molecule has 0 radical (unpaired) electrons. The standard InChI is InChI=1S/C28H26F3N5O4/c1-33(20-5-3-19(4-6-20)28(29,30)31)21-7-10-25(32-17-21)40-22-8-9-23-18(15-22)16-24(34(23)2)26(37)35-11-13-36(14-12-35)27(38)39/h3-10,15-17H,11-14H2,1-2H3,(H,38,39). The number of halogens is 3. The Morgan fingerprint density at radius 2 is 1.57 bits per heavy atom. The number of aromatic nitrogens is 2. The predicted molar refractivity (Wildman–Crippen MR) is 142 cm³/mol. The predicted octanol–water partition coefficient (Wildman–Crippen LogP) is 5.59. The van der Waals surface area contributed by atoms with Gasteiger partial charge in [-0.15, -0.1) is 0 Å². The highest BCUT2D eigenvalue weighted by atomic mass is 19.4. The summed E-state index contributed by atoms with van der Waals surface area (Å²) in [6.45, 7) is 1.21. The van der Waals surface area contributed by atoms with Crippen molar-refractivity contribution in [3.05, 3.63) is 78.1 Å². The Hall–Kier alpha value is -4.74. The van der Waals surface area contributed by atoms with Crippen molar-refractivity contribution in [2.45, 2.75) is 6.18 Å². The summed E-state index contributed by atoms with van der Waals surface area (Å²) in [5.74, 6) is 0.677. The largest absolute Gasteiger partial charge is 0.465 e. The molecular weight excluding hydrogens is 527 g/mol. The molecule has 208 valence electrons. The first kappa shape index (κ1) is 26.9. The van der Waals surface area contributed by atoms with Crippen LogP contribution in [0.1, 0.15) is 16.1 Å². The molecule has 3 heterocycles. The quantitative estimate of drug-likeness (QED) is 0.347. The highest BCUT2D eigenvalue weighted by Gasteiger charge is 2.30. The van der Waals surface area contributed by atoms with Crippen LogP contribution in [0.3, 0.4) is 0 Å². The van der Waals surface area contributed by atoms with Crippen molar-refractivity contribution in [2.75, 3.05) is 38.1 Å². The number of anilines is 2. The number of carbonyl (C=O) groups excluding carboxylic acids is 1. The molecule has 0 aliphatic carbocycles. The molecule has 12 heteroatoms. The van der Waals surface area contributed by atoms with Crippen molar-refractivity contribution in [3.8, 4) is 11.6 Å². The number of hydrogen-bond acceptors (Lipinski definition) is 5. The number of nitrogens with zero attached hydrogens (tertiary/aromatic N) is 5. The maximum absolute atomic E-state index is 13.1. The second-order valence-corrected chi connectivity index (χ2v) is 9.43. The topological polar surface area (TPSA) is 91.1 Å². The van der Waals surface area contributed by atoms with Crippen molar-refractivity contribution in [3.63, 3.8) is 0 Å². The minimum absolute atomic E-state index is 0.166. The highest BCUT2D eigenvalue weighted by molar-refractivity contribution is 5.99. The third kappa shape index (κ3) is 5.37. The molecule has 40 heavy (non-hydrogen) atoms. The molecule has 0 saturated carbocycles. The normalized spacial score (nSPS) is 13.9. The molecular formula is C28H26F3N5O4. The molecule has 1 aliphatic heterocycles. The van der Waals surface area contributed by atoms with Crippen LogP contribution in [-0.4, -0.2) is 69.7 Å². The number of ether oxygens (including phenoxy) is 1. The fourth-order valence-electron chi connectivity index (χ4n) is 4.63. The molecule has 4 aromatic rings. The van der Waals surface area contributed by atoms with Crippen LogP contribution in [0.5, 0.6) is 11.6 Å². The lowest BCUT2D eigenvalue weighted by molar-refractivity contribution is -0.137. The van der Waals surface area contributed by atoms with Crippen LogP contribution >= 0.6 is 0 Å². The van der Waals surface area contributed by atoms with Crippen LogP contribution in [0.4, 0.5) is 29.3 Å². The van der Waals surface area contributed by atoms with E-state index in [1.54, 1.807) is 65.0 Å². The summed E-state index contributed by atoms with van der Waals surface area (Å²) in [7, 11) is 3.53. The van der Waals surface area contributed by atoms with Gasteiger partial charge in [-0.25, -0.2) is 9.78 Å². The molecule has 0 bridgehead atoms. The van der Waals surface area contributed by atoms with E-state index in [1.807, 2.05) is 6.07 Å². The number of pyridine rings is 1. The molecule has 2 aromatic heterocycles. The number of alkyl halides is 3. The fourth-order valence-corrected chi connectivity index (χ4v) is 4.63. The van der Waals surface area contributed by atoms with Crippen LogP contribution in [0, 0.1) is 0 Å². The van der Waals surface area contributed by atoms with Crippen LogP contribution in [0.15, 0.2) is 66.9 Å². The van der Waals surface area contributed by atoms with E-state index in [-0.39, 0.29) is 19.0 Å². The molecule has 2 aromatic carbocycles. The van der Waals surface area contributed by atoms with Crippen LogP contribution in [0.25, 0.3) is 10.9 Å². The Morgan fingerprint density at radius 1 is 0.925 bits per heavy atom. The monoisotopic (exact) mass is 553 g/mol. The van der Waals surface area contributed by atoms with Gasteiger partial charge in [-0.1, -0.05) is 0 Å². The van der Waals surface area contributed by atoms with E-state index >= 15 is 0 Å². The Kier molecular flexibility index (Phi) is 7.01. The van der Waals surface area contributed by atoms with E-state index in [2.05, 4.69) is 4.98 Å². The second-order valence-electron chi connectivity index (χ2n) is 9.43. The van der Waals surface area contributed by atoms with Crippen molar-refractivity contribution < 1.29 is 32.6 Å². The molecule has 1 saturated heterocycles. The first-order chi connectivity index (χ1) is 19.0. The Bertz CT molecular complexity index is 1540. The lowest BCUT2D eigenvalue weighted by Crippen LogP contribution is -2.50. The zero-order valence-corrected chi connectivity index (χ0v) is 21.7. The Balaban J connectivity index is 1.27.